The quantitative estimate of drug-likeness (QED) is 0.714. The van der Waals surface area contributed by atoms with E-state index in [0.29, 0.717) is 12.3 Å². The molecule has 1 aliphatic rings. The monoisotopic (exact) mass is 317 g/mol. The van der Waals surface area contributed by atoms with Crippen molar-refractivity contribution in [1.29, 1.82) is 0 Å². The Morgan fingerprint density at radius 2 is 2.17 bits per heavy atom. The molecule has 128 valence electrons. The smallest absolute Gasteiger partial charge is 0.222 e. The Morgan fingerprint density at radius 3 is 2.83 bits per heavy atom. The van der Waals surface area contributed by atoms with Gasteiger partial charge in [0.15, 0.2) is 0 Å². The molecule has 1 amide bonds. The lowest BCUT2D eigenvalue weighted by Gasteiger charge is -2.40. The van der Waals surface area contributed by atoms with Crippen LogP contribution in [0.4, 0.5) is 0 Å². The van der Waals surface area contributed by atoms with E-state index in [1.807, 2.05) is 19.3 Å². The Balaban J connectivity index is 1.84. The molecule has 1 saturated heterocycles. The lowest BCUT2D eigenvalue weighted by molar-refractivity contribution is -0.137. The zero-order valence-corrected chi connectivity index (χ0v) is 15.1. The van der Waals surface area contributed by atoms with E-state index in [-0.39, 0.29) is 5.41 Å². The number of carbonyl (C=O) groups excluding carboxylic acids is 1. The SMILES string of the molecule is CC(C)=CCCC1(C)CCC(=O)N(CCCn2ccnc2C)C1. The minimum absolute atomic E-state index is 0.269. The number of piperidine rings is 1. The Kier molecular flexibility index (Phi) is 6.03. The van der Waals surface area contributed by atoms with Crippen LogP contribution in [0.3, 0.4) is 0 Å². The first-order valence-corrected chi connectivity index (χ1v) is 8.78. The van der Waals surface area contributed by atoms with Gasteiger partial charge in [0.2, 0.25) is 5.91 Å². The highest BCUT2D eigenvalue weighted by atomic mass is 16.2. The largest absolute Gasteiger partial charge is 0.342 e. The molecule has 4 heteroatoms. The van der Waals surface area contributed by atoms with E-state index in [1.165, 1.54) is 12.0 Å². The zero-order valence-electron chi connectivity index (χ0n) is 15.1. The highest BCUT2D eigenvalue weighted by molar-refractivity contribution is 5.77. The highest BCUT2D eigenvalue weighted by Gasteiger charge is 2.33. The van der Waals surface area contributed by atoms with Crippen molar-refractivity contribution in [3.8, 4) is 0 Å². The topological polar surface area (TPSA) is 38.1 Å². The van der Waals surface area contributed by atoms with Gasteiger partial charge in [-0.25, -0.2) is 4.98 Å². The van der Waals surface area contributed by atoms with E-state index >= 15 is 0 Å². The van der Waals surface area contributed by atoms with Gasteiger partial charge in [-0.05, 0) is 51.9 Å². The molecule has 0 saturated carbocycles. The number of hydrogen-bond acceptors (Lipinski definition) is 2. The molecular weight excluding hydrogens is 286 g/mol. The van der Waals surface area contributed by atoms with Crippen molar-refractivity contribution in [2.75, 3.05) is 13.1 Å². The first-order chi connectivity index (χ1) is 10.9. The molecule has 0 N–H and O–H groups in total. The fourth-order valence-corrected chi connectivity index (χ4v) is 3.38. The molecule has 0 bridgehead atoms. The van der Waals surface area contributed by atoms with Gasteiger partial charge in [-0.3, -0.25) is 4.79 Å². The summed E-state index contributed by atoms with van der Waals surface area (Å²) in [5, 5.41) is 0. The number of allylic oxidation sites excluding steroid dienone is 2. The van der Waals surface area contributed by atoms with Crippen molar-refractivity contribution in [2.24, 2.45) is 5.41 Å². The van der Waals surface area contributed by atoms with E-state index < -0.39 is 0 Å². The molecule has 1 aromatic rings. The molecule has 1 aliphatic heterocycles. The number of aromatic nitrogens is 2. The molecule has 2 rings (SSSR count). The van der Waals surface area contributed by atoms with Crippen LogP contribution in [0, 0.1) is 12.3 Å². The maximum Gasteiger partial charge on any atom is 0.222 e. The van der Waals surface area contributed by atoms with Gasteiger partial charge in [0.1, 0.15) is 5.82 Å². The predicted molar refractivity (Wildman–Crippen MR) is 94.2 cm³/mol. The summed E-state index contributed by atoms with van der Waals surface area (Å²) in [6.45, 7) is 11.4. The van der Waals surface area contributed by atoms with Gasteiger partial charge in [-0.15, -0.1) is 0 Å². The molecule has 0 spiro atoms. The number of imidazole rings is 1. The molecule has 1 fully saturated rings. The molecule has 23 heavy (non-hydrogen) atoms. The van der Waals surface area contributed by atoms with Crippen molar-refractivity contribution in [3.63, 3.8) is 0 Å². The average molecular weight is 317 g/mol. The van der Waals surface area contributed by atoms with Crippen molar-refractivity contribution < 1.29 is 4.79 Å². The third-order valence-electron chi connectivity index (χ3n) is 4.92. The van der Waals surface area contributed by atoms with Gasteiger partial charge < -0.3 is 9.47 Å². The third kappa shape index (κ3) is 5.22. The summed E-state index contributed by atoms with van der Waals surface area (Å²) in [5.74, 6) is 1.37. The minimum Gasteiger partial charge on any atom is -0.342 e. The van der Waals surface area contributed by atoms with Crippen LogP contribution in [0.25, 0.3) is 0 Å². The Morgan fingerprint density at radius 1 is 1.39 bits per heavy atom. The minimum atomic E-state index is 0.269. The fourth-order valence-electron chi connectivity index (χ4n) is 3.38. The second kappa shape index (κ2) is 7.80. The van der Waals surface area contributed by atoms with Crippen LogP contribution in [0.1, 0.15) is 58.7 Å². The predicted octanol–water partition coefficient (Wildman–Crippen LogP) is 3.96. The van der Waals surface area contributed by atoms with E-state index in [2.05, 4.69) is 41.3 Å². The Hall–Kier alpha value is -1.58. The standard InChI is InChI=1S/C19H31N3O/c1-16(2)7-5-9-19(4)10-8-18(23)22(15-19)13-6-12-21-14-11-20-17(21)3/h7,11,14H,5-6,8-10,12-13,15H2,1-4H3. The summed E-state index contributed by atoms with van der Waals surface area (Å²) in [6, 6.07) is 0. The number of rotatable bonds is 7. The average Bonchev–Trinajstić information content (AvgIpc) is 2.88. The van der Waals surface area contributed by atoms with Crippen LogP contribution >= 0.6 is 0 Å². The number of amides is 1. The van der Waals surface area contributed by atoms with Gasteiger partial charge in [0, 0.05) is 38.4 Å². The molecular formula is C19H31N3O. The van der Waals surface area contributed by atoms with Gasteiger partial charge >= 0.3 is 0 Å². The normalized spacial score (nSPS) is 21.6. The van der Waals surface area contributed by atoms with Crippen LogP contribution in [-0.4, -0.2) is 33.4 Å². The second-order valence-electron chi connectivity index (χ2n) is 7.47. The number of nitrogens with zero attached hydrogens (tertiary/aromatic N) is 3. The maximum atomic E-state index is 12.2. The van der Waals surface area contributed by atoms with Crippen molar-refractivity contribution in [3.05, 3.63) is 29.9 Å². The van der Waals surface area contributed by atoms with Gasteiger partial charge in [0.25, 0.3) is 0 Å². The summed E-state index contributed by atoms with van der Waals surface area (Å²) in [7, 11) is 0. The van der Waals surface area contributed by atoms with E-state index in [4.69, 9.17) is 0 Å². The highest BCUT2D eigenvalue weighted by Crippen LogP contribution is 2.34. The third-order valence-corrected chi connectivity index (χ3v) is 4.92. The van der Waals surface area contributed by atoms with Crippen LogP contribution in [-0.2, 0) is 11.3 Å². The molecule has 1 unspecified atom stereocenters. The molecule has 0 aromatic carbocycles. The zero-order chi connectivity index (χ0) is 16.9. The van der Waals surface area contributed by atoms with Gasteiger partial charge in [-0.2, -0.15) is 0 Å². The van der Waals surface area contributed by atoms with Gasteiger partial charge in [0.05, 0.1) is 0 Å². The maximum absolute atomic E-state index is 12.2. The molecule has 4 nitrogen and oxygen atoms in total. The number of aryl methyl sites for hydroxylation is 2. The van der Waals surface area contributed by atoms with Crippen molar-refractivity contribution in [1.82, 2.24) is 14.5 Å². The van der Waals surface area contributed by atoms with E-state index in [1.54, 1.807) is 0 Å². The van der Waals surface area contributed by atoms with Crippen molar-refractivity contribution >= 4 is 5.91 Å². The lowest BCUT2D eigenvalue weighted by atomic mass is 9.77. The lowest BCUT2D eigenvalue weighted by Crippen LogP contribution is -2.45. The summed E-state index contributed by atoms with van der Waals surface area (Å²) < 4.78 is 2.16. The second-order valence-corrected chi connectivity index (χ2v) is 7.47. The first-order valence-electron chi connectivity index (χ1n) is 8.78. The summed E-state index contributed by atoms with van der Waals surface area (Å²) in [5.41, 5.74) is 1.65. The van der Waals surface area contributed by atoms with Crippen molar-refractivity contribution in [2.45, 2.75) is 66.3 Å². The molecule has 0 radical (unpaired) electrons. The molecule has 1 atom stereocenters. The van der Waals surface area contributed by atoms with Crippen LogP contribution in [0.15, 0.2) is 24.0 Å². The Labute approximate surface area is 140 Å². The molecule has 0 aliphatic carbocycles. The summed E-state index contributed by atoms with van der Waals surface area (Å²) >= 11 is 0. The van der Waals surface area contributed by atoms with E-state index in [9.17, 15) is 4.79 Å². The molecule has 1 aromatic heterocycles. The van der Waals surface area contributed by atoms with Crippen LogP contribution < -0.4 is 0 Å². The van der Waals surface area contributed by atoms with E-state index in [0.717, 1.165) is 44.7 Å². The number of hydrogen-bond donors (Lipinski definition) is 0. The van der Waals surface area contributed by atoms with Gasteiger partial charge in [-0.1, -0.05) is 18.6 Å². The summed E-state index contributed by atoms with van der Waals surface area (Å²) in [4.78, 5) is 18.5. The summed E-state index contributed by atoms with van der Waals surface area (Å²) in [6.07, 6.45) is 11.2. The van der Waals surface area contributed by atoms with Crippen LogP contribution in [0.5, 0.6) is 0 Å². The Bertz CT molecular complexity index is 557. The fraction of sp³-hybridized carbons (Fsp3) is 0.684. The number of carbonyl (C=O) groups is 1. The number of likely N-dealkylation sites (tertiary alicyclic amines) is 1. The van der Waals surface area contributed by atoms with Crippen LogP contribution in [0.2, 0.25) is 0 Å². The first kappa shape index (κ1) is 17.8. The molecule has 2 heterocycles.